The van der Waals surface area contributed by atoms with E-state index in [1.807, 2.05) is 0 Å². The molecule has 0 spiro atoms. The number of aromatic nitrogens is 2. The van der Waals surface area contributed by atoms with Crippen molar-refractivity contribution in [2.75, 3.05) is 12.3 Å². The zero-order chi connectivity index (χ0) is 15.2. The van der Waals surface area contributed by atoms with Crippen LogP contribution in [0.15, 0.2) is 36.8 Å². The number of rotatable bonds is 4. The first-order valence-electron chi connectivity index (χ1n) is 6.32. The lowest BCUT2D eigenvalue weighted by atomic mass is 10.1. The van der Waals surface area contributed by atoms with Crippen molar-refractivity contribution in [3.05, 3.63) is 47.4 Å². The SMILES string of the molecule is CCOC(=O)C=Cc1cc(-c2cnccn2)c(Cl)cc1N. The minimum atomic E-state index is -0.423. The fraction of sp³-hybridized carbons (Fsp3) is 0.133. The fourth-order valence-electron chi connectivity index (χ4n) is 1.73. The van der Waals surface area contributed by atoms with Gasteiger partial charge in [0.15, 0.2) is 0 Å². The zero-order valence-corrected chi connectivity index (χ0v) is 12.2. The second-order valence-electron chi connectivity index (χ2n) is 4.14. The van der Waals surface area contributed by atoms with Crippen molar-refractivity contribution in [1.29, 1.82) is 0 Å². The van der Waals surface area contributed by atoms with Gasteiger partial charge in [-0.1, -0.05) is 11.6 Å². The van der Waals surface area contributed by atoms with Gasteiger partial charge in [0.25, 0.3) is 0 Å². The summed E-state index contributed by atoms with van der Waals surface area (Å²) >= 11 is 6.18. The number of esters is 1. The second-order valence-corrected chi connectivity index (χ2v) is 4.54. The van der Waals surface area contributed by atoms with E-state index in [0.717, 1.165) is 0 Å². The van der Waals surface area contributed by atoms with Crippen LogP contribution in [-0.2, 0) is 9.53 Å². The maximum Gasteiger partial charge on any atom is 0.330 e. The Kier molecular flexibility index (Phi) is 4.90. The number of ether oxygens (including phenoxy) is 1. The molecule has 0 aliphatic carbocycles. The molecule has 2 aromatic rings. The number of nitrogen functional groups attached to an aromatic ring is 1. The van der Waals surface area contributed by atoms with Crippen LogP contribution >= 0.6 is 11.6 Å². The van der Waals surface area contributed by atoms with Crippen molar-refractivity contribution < 1.29 is 9.53 Å². The Morgan fingerprint density at radius 3 is 2.90 bits per heavy atom. The summed E-state index contributed by atoms with van der Waals surface area (Å²) in [6.45, 7) is 2.07. The van der Waals surface area contributed by atoms with Gasteiger partial charge in [0, 0.05) is 29.7 Å². The van der Waals surface area contributed by atoms with Gasteiger partial charge >= 0.3 is 5.97 Å². The van der Waals surface area contributed by atoms with E-state index < -0.39 is 5.97 Å². The van der Waals surface area contributed by atoms with Crippen molar-refractivity contribution in [1.82, 2.24) is 9.97 Å². The number of hydrogen-bond donors (Lipinski definition) is 1. The molecule has 5 nitrogen and oxygen atoms in total. The van der Waals surface area contributed by atoms with Crippen molar-refractivity contribution in [3.63, 3.8) is 0 Å². The van der Waals surface area contributed by atoms with Gasteiger partial charge in [-0.3, -0.25) is 9.97 Å². The summed E-state index contributed by atoms with van der Waals surface area (Å²) in [5, 5.41) is 0.473. The molecule has 0 aliphatic rings. The van der Waals surface area contributed by atoms with E-state index in [9.17, 15) is 4.79 Å². The molecule has 1 aromatic carbocycles. The summed E-state index contributed by atoms with van der Waals surface area (Å²) in [6, 6.07) is 3.38. The van der Waals surface area contributed by atoms with Gasteiger partial charge in [-0.15, -0.1) is 0 Å². The monoisotopic (exact) mass is 303 g/mol. The summed E-state index contributed by atoms with van der Waals surface area (Å²) in [6.07, 6.45) is 7.68. The molecule has 0 fully saturated rings. The highest BCUT2D eigenvalue weighted by Gasteiger charge is 2.09. The molecule has 0 saturated heterocycles. The molecule has 6 heteroatoms. The quantitative estimate of drug-likeness (QED) is 0.534. The first-order chi connectivity index (χ1) is 10.1. The molecule has 2 N–H and O–H groups in total. The molecular formula is C15H14ClN3O2. The summed E-state index contributed by atoms with van der Waals surface area (Å²) in [5.41, 5.74) is 8.36. The van der Waals surface area contributed by atoms with Crippen LogP contribution in [0, 0.1) is 0 Å². The molecule has 0 bridgehead atoms. The second kappa shape index (κ2) is 6.85. The zero-order valence-electron chi connectivity index (χ0n) is 11.4. The minimum Gasteiger partial charge on any atom is -0.463 e. The molecule has 21 heavy (non-hydrogen) atoms. The Bertz CT molecular complexity index is 672. The lowest BCUT2D eigenvalue weighted by Gasteiger charge is -2.07. The molecule has 1 aromatic heterocycles. The van der Waals surface area contributed by atoms with Crippen molar-refractivity contribution in [2.24, 2.45) is 0 Å². The third kappa shape index (κ3) is 3.79. The lowest BCUT2D eigenvalue weighted by Crippen LogP contribution is -1.99. The highest BCUT2D eigenvalue weighted by atomic mass is 35.5. The molecule has 108 valence electrons. The predicted octanol–water partition coefficient (Wildman–Crippen LogP) is 2.96. The van der Waals surface area contributed by atoms with Gasteiger partial charge in [-0.2, -0.15) is 0 Å². The standard InChI is InChI=1S/C15H14ClN3O2/c1-2-21-15(20)4-3-10-7-11(12(16)8-13(10)17)14-9-18-5-6-19-14/h3-9H,2,17H2,1H3. The summed E-state index contributed by atoms with van der Waals surface area (Å²) in [7, 11) is 0. The van der Waals surface area contributed by atoms with Crippen LogP contribution in [0.2, 0.25) is 5.02 Å². The van der Waals surface area contributed by atoms with E-state index in [-0.39, 0.29) is 0 Å². The topological polar surface area (TPSA) is 78.1 Å². The number of carbonyl (C=O) groups excluding carboxylic acids is 1. The molecular weight excluding hydrogens is 290 g/mol. The molecule has 0 amide bonds. The largest absolute Gasteiger partial charge is 0.463 e. The molecule has 0 unspecified atom stereocenters. The number of nitrogens with two attached hydrogens (primary N) is 1. The van der Waals surface area contributed by atoms with Crippen molar-refractivity contribution >= 4 is 29.3 Å². The number of hydrogen-bond acceptors (Lipinski definition) is 5. The van der Waals surface area contributed by atoms with E-state index in [4.69, 9.17) is 22.1 Å². The highest BCUT2D eigenvalue weighted by Crippen LogP contribution is 2.31. The maximum absolute atomic E-state index is 11.4. The van der Waals surface area contributed by atoms with Gasteiger partial charge < -0.3 is 10.5 Å². The van der Waals surface area contributed by atoms with Crippen LogP contribution in [0.4, 0.5) is 5.69 Å². The maximum atomic E-state index is 11.4. The Balaban J connectivity index is 2.37. The van der Waals surface area contributed by atoms with Gasteiger partial charge in [0.05, 0.1) is 23.5 Å². The van der Waals surface area contributed by atoms with E-state index in [1.165, 1.54) is 6.08 Å². The Morgan fingerprint density at radius 2 is 2.24 bits per heavy atom. The Morgan fingerprint density at radius 1 is 1.43 bits per heavy atom. The van der Waals surface area contributed by atoms with Crippen molar-refractivity contribution in [3.8, 4) is 11.3 Å². The fourth-order valence-corrected chi connectivity index (χ4v) is 2.00. The van der Waals surface area contributed by atoms with E-state index in [1.54, 1.807) is 43.7 Å². The van der Waals surface area contributed by atoms with Crippen LogP contribution < -0.4 is 5.73 Å². The smallest absolute Gasteiger partial charge is 0.330 e. The van der Waals surface area contributed by atoms with Crippen LogP contribution in [0.5, 0.6) is 0 Å². The first-order valence-corrected chi connectivity index (χ1v) is 6.70. The highest BCUT2D eigenvalue weighted by molar-refractivity contribution is 6.33. The number of carbonyl (C=O) groups is 1. The third-order valence-electron chi connectivity index (χ3n) is 2.70. The summed E-state index contributed by atoms with van der Waals surface area (Å²) in [4.78, 5) is 19.6. The summed E-state index contributed by atoms with van der Waals surface area (Å²) < 4.78 is 4.83. The van der Waals surface area contributed by atoms with Gasteiger partial charge in [-0.25, -0.2) is 4.79 Å². The number of nitrogens with zero attached hydrogens (tertiary/aromatic N) is 2. The van der Waals surface area contributed by atoms with Crippen LogP contribution in [0.3, 0.4) is 0 Å². The molecule has 0 saturated carbocycles. The average molecular weight is 304 g/mol. The first kappa shape index (κ1) is 15.0. The normalized spacial score (nSPS) is 10.8. The average Bonchev–Trinajstić information content (AvgIpc) is 2.47. The van der Waals surface area contributed by atoms with Gasteiger partial charge in [0.2, 0.25) is 0 Å². The van der Waals surface area contributed by atoms with Gasteiger partial charge in [-0.05, 0) is 30.7 Å². The molecule has 0 atom stereocenters. The van der Waals surface area contributed by atoms with E-state index in [0.29, 0.717) is 34.1 Å². The Hall–Kier alpha value is -2.40. The van der Waals surface area contributed by atoms with Crippen LogP contribution in [-0.4, -0.2) is 22.5 Å². The Labute approximate surface area is 127 Å². The minimum absolute atomic E-state index is 0.324. The summed E-state index contributed by atoms with van der Waals surface area (Å²) in [5.74, 6) is -0.423. The lowest BCUT2D eigenvalue weighted by molar-refractivity contribution is -0.137. The van der Waals surface area contributed by atoms with Crippen molar-refractivity contribution in [2.45, 2.75) is 6.92 Å². The molecule has 1 heterocycles. The van der Waals surface area contributed by atoms with E-state index >= 15 is 0 Å². The number of anilines is 1. The number of benzene rings is 1. The van der Waals surface area contributed by atoms with E-state index in [2.05, 4.69) is 9.97 Å². The predicted molar refractivity (Wildman–Crippen MR) is 82.6 cm³/mol. The van der Waals surface area contributed by atoms with Gasteiger partial charge in [0.1, 0.15) is 0 Å². The number of halogens is 1. The molecule has 0 aliphatic heterocycles. The van der Waals surface area contributed by atoms with Crippen LogP contribution in [0.25, 0.3) is 17.3 Å². The molecule has 2 rings (SSSR count). The molecule has 0 radical (unpaired) electrons. The third-order valence-corrected chi connectivity index (χ3v) is 3.01. The van der Waals surface area contributed by atoms with Crippen LogP contribution in [0.1, 0.15) is 12.5 Å².